The molecule has 1 aliphatic carbocycles. The molecular formula is C18H28N2. The Morgan fingerprint density at radius 3 is 2.65 bits per heavy atom. The minimum absolute atomic E-state index is 0.680. The van der Waals surface area contributed by atoms with E-state index >= 15 is 0 Å². The normalized spacial score (nSPS) is 23.6. The fourth-order valence-electron chi connectivity index (χ4n) is 3.33. The third-order valence-electron chi connectivity index (χ3n) is 4.50. The van der Waals surface area contributed by atoms with Crippen LogP contribution in [0.3, 0.4) is 0 Å². The summed E-state index contributed by atoms with van der Waals surface area (Å²) < 4.78 is 0. The lowest BCUT2D eigenvalue weighted by Crippen LogP contribution is -2.45. The van der Waals surface area contributed by atoms with E-state index < -0.39 is 0 Å². The second-order valence-electron chi connectivity index (χ2n) is 5.75. The van der Waals surface area contributed by atoms with E-state index in [9.17, 15) is 0 Å². The van der Waals surface area contributed by atoms with Gasteiger partial charge in [0.05, 0.1) is 0 Å². The van der Waals surface area contributed by atoms with Gasteiger partial charge in [0.25, 0.3) is 0 Å². The van der Waals surface area contributed by atoms with Crippen LogP contribution in [-0.4, -0.2) is 30.6 Å². The smallest absolute Gasteiger partial charge is 0.0169 e. The minimum atomic E-state index is 0.680. The van der Waals surface area contributed by atoms with Crippen LogP contribution in [0.15, 0.2) is 36.4 Å². The molecule has 0 amide bonds. The second-order valence-corrected chi connectivity index (χ2v) is 5.75. The summed E-state index contributed by atoms with van der Waals surface area (Å²) in [5.74, 6) is 0.689. The highest BCUT2D eigenvalue weighted by Crippen LogP contribution is 2.27. The molecule has 0 aliphatic heterocycles. The molecule has 2 unspecified atom stereocenters. The first-order valence-electron chi connectivity index (χ1n) is 8.01. The highest BCUT2D eigenvalue weighted by atomic mass is 15.2. The van der Waals surface area contributed by atoms with Gasteiger partial charge in [0.2, 0.25) is 0 Å². The Balaban J connectivity index is 1.92. The van der Waals surface area contributed by atoms with Gasteiger partial charge < -0.3 is 5.73 Å². The lowest BCUT2D eigenvalue weighted by atomic mass is 9.83. The molecule has 0 saturated heterocycles. The maximum absolute atomic E-state index is 5.96. The first-order chi connectivity index (χ1) is 9.85. The van der Waals surface area contributed by atoms with Crippen LogP contribution >= 0.6 is 0 Å². The van der Waals surface area contributed by atoms with Crippen molar-refractivity contribution >= 4 is 6.08 Å². The van der Waals surface area contributed by atoms with E-state index in [2.05, 4.69) is 54.3 Å². The van der Waals surface area contributed by atoms with Crippen molar-refractivity contribution < 1.29 is 0 Å². The second kappa shape index (κ2) is 8.23. The van der Waals surface area contributed by atoms with Crippen molar-refractivity contribution in [2.24, 2.45) is 11.7 Å². The Labute approximate surface area is 123 Å². The predicted octanol–water partition coefficient (Wildman–Crippen LogP) is 3.54. The van der Waals surface area contributed by atoms with Gasteiger partial charge in [0, 0.05) is 12.6 Å². The number of rotatable bonds is 6. The molecule has 1 aromatic rings. The topological polar surface area (TPSA) is 29.3 Å². The molecule has 2 atom stereocenters. The van der Waals surface area contributed by atoms with Gasteiger partial charge in [-0.05, 0) is 37.4 Å². The monoisotopic (exact) mass is 272 g/mol. The summed E-state index contributed by atoms with van der Waals surface area (Å²) in [6.07, 6.45) is 9.86. The molecular weight excluding hydrogens is 244 g/mol. The lowest BCUT2D eigenvalue weighted by Gasteiger charge is -2.38. The van der Waals surface area contributed by atoms with E-state index in [1.807, 2.05) is 0 Å². The summed E-state index contributed by atoms with van der Waals surface area (Å²) >= 11 is 0. The van der Waals surface area contributed by atoms with Gasteiger partial charge in [-0.1, -0.05) is 62.2 Å². The molecule has 1 fully saturated rings. The minimum Gasteiger partial charge on any atom is -0.330 e. The van der Waals surface area contributed by atoms with Crippen molar-refractivity contribution in [2.45, 2.75) is 38.6 Å². The standard InChI is InChI=1S/C18H28N2/c1-2-20(18-13-7-6-12-17(18)15-19)14-8-11-16-9-4-3-5-10-16/h3-5,8-11,17-18H,2,6-7,12-15,19H2,1H3. The van der Waals surface area contributed by atoms with Crippen molar-refractivity contribution in [1.82, 2.24) is 4.90 Å². The first kappa shape index (κ1) is 15.3. The first-order valence-corrected chi connectivity index (χ1v) is 8.01. The maximum Gasteiger partial charge on any atom is 0.0169 e. The molecule has 0 radical (unpaired) electrons. The van der Waals surface area contributed by atoms with Gasteiger partial charge in [0.1, 0.15) is 0 Å². The van der Waals surface area contributed by atoms with Crippen LogP contribution in [0.2, 0.25) is 0 Å². The molecule has 110 valence electrons. The van der Waals surface area contributed by atoms with Crippen molar-refractivity contribution in [3.63, 3.8) is 0 Å². The number of hydrogen-bond donors (Lipinski definition) is 1. The molecule has 0 bridgehead atoms. The van der Waals surface area contributed by atoms with Crippen LogP contribution in [0, 0.1) is 5.92 Å². The van der Waals surface area contributed by atoms with Crippen LogP contribution < -0.4 is 5.73 Å². The summed E-state index contributed by atoms with van der Waals surface area (Å²) in [4.78, 5) is 2.59. The fourth-order valence-corrected chi connectivity index (χ4v) is 3.33. The summed E-state index contributed by atoms with van der Waals surface area (Å²) in [7, 11) is 0. The van der Waals surface area contributed by atoms with Crippen LogP contribution in [0.1, 0.15) is 38.2 Å². The fraction of sp³-hybridized carbons (Fsp3) is 0.556. The Hall–Kier alpha value is -1.12. The van der Waals surface area contributed by atoms with E-state index in [1.165, 1.54) is 31.2 Å². The number of nitrogens with two attached hydrogens (primary N) is 1. The van der Waals surface area contributed by atoms with Crippen LogP contribution in [0.4, 0.5) is 0 Å². The van der Waals surface area contributed by atoms with E-state index in [0.717, 1.165) is 19.6 Å². The Morgan fingerprint density at radius 1 is 1.20 bits per heavy atom. The van der Waals surface area contributed by atoms with Crippen molar-refractivity contribution in [1.29, 1.82) is 0 Å². The predicted molar refractivity (Wildman–Crippen MR) is 87.5 cm³/mol. The van der Waals surface area contributed by atoms with Gasteiger partial charge in [-0.3, -0.25) is 4.90 Å². The highest BCUT2D eigenvalue weighted by Gasteiger charge is 2.27. The third kappa shape index (κ3) is 4.19. The molecule has 0 heterocycles. The molecule has 2 nitrogen and oxygen atoms in total. The molecule has 2 rings (SSSR count). The lowest BCUT2D eigenvalue weighted by molar-refractivity contribution is 0.125. The number of benzene rings is 1. The van der Waals surface area contributed by atoms with Crippen LogP contribution in [0.25, 0.3) is 6.08 Å². The zero-order valence-electron chi connectivity index (χ0n) is 12.7. The van der Waals surface area contributed by atoms with E-state index in [4.69, 9.17) is 5.73 Å². The summed E-state index contributed by atoms with van der Waals surface area (Å²) in [6, 6.07) is 11.2. The van der Waals surface area contributed by atoms with Gasteiger partial charge in [-0.25, -0.2) is 0 Å². The number of nitrogens with zero attached hydrogens (tertiary/aromatic N) is 1. The molecule has 0 aromatic heterocycles. The van der Waals surface area contributed by atoms with E-state index in [-0.39, 0.29) is 0 Å². The van der Waals surface area contributed by atoms with Crippen LogP contribution in [-0.2, 0) is 0 Å². The zero-order chi connectivity index (χ0) is 14.2. The molecule has 20 heavy (non-hydrogen) atoms. The van der Waals surface area contributed by atoms with Gasteiger partial charge in [0.15, 0.2) is 0 Å². The Bertz CT molecular complexity index is 399. The summed E-state index contributed by atoms with van der Waals surface area (Å²) in [5.41, 5.74) is 7.24. The molecule has 2 N–H and O–H groups in total. The number of hydrogen-bond acceptors (Lipinski definition) is 2. The highest BCUT2D eigenvalue weighted by molar-refractivity contribution is 5.48. The maximum atomic E-state index is 5.96. The van der Waals surface area contributed by atoms with Gasteiger partial charge in [-0.15, -0.1) is 0 Å². The number of likely N-dealkylation sites (N-methyl/N-ethyl adjacent to an activating group) is 1. The third-order valence-corrected chi connectivity index (χ3v) is 4.50. The molecule has 1 aromatic carbocycles. The van der Waals surface area contributed by atoms with Gasteiger partial charge >= 0.3 is 0 Å². The van der Waals surface area contributed by atoms with Crippen molar-refractivity contribution in [3.05, 3.63) is 42.0 Å². The molecule has 1 saturated carbocycles. The SMILES string of the molecule is CCN(CC=Cc1ccccc1)C1CCCCC1CN. The Kier molecular flexibility index (Phi) is 6.28. The molecule has 1 aliphatic rings. The molecule has 2 heteroatoms. The average Bonchev–Trinajstić information content (AvgIpc) is 2.53. The Morgan fingerprint density at radius 2 is 1.95 bits per heavy atom. The van der Waals surface area contributed by atoms with Crippen LogP contribution in [0.5, 0.6) is 0 Å². The largest absolute Gasteiger partial charge is 0.330 e. The van der Waals surface area contributed by atoms with E-state index in [1.54, 1.807) is 0 Å². The van der Waals surface area contributed by atoms with Crippen molar-refractivity contribution in [3.8, 4) is 0 Å². The summed E-state index contributed by atoms with van der Waals surface area (Å²) in [6.45, 7) is 5.25. The van der Waals surface area contributed by atoms with Gasteiger partial charge in [-0.2, -0.15) is 0 Å². The van der Waals surface area contributed by atoms with E-state index in [0.29, 0.717) is 12.0 Å². The summed E-state index contributed by atoms with van der Waals surface area (Å²) in [5, 5.41) is 0. The average molecular weight is 272 g/mol. The quantitative estimate of drug-likeness (QED) is 0.858. The van der Waals surface area contributed by atoms with Crippen molar-refractivity contribution in [2.75, 3.05) is 19.6 Å². The molecule has 0 spiro atoms. The zero-order valence-corrected chi connectivity index (χ0v) is 12.7.